The summed E-state index contributed by atoms with van der Waals surface area (Å²) in [6, 6.07) is 17.2. The number of benzene rings is 3. The topological polar surface area (TPSA) is 50.8 Å². The van der Waals surface area contributed by atoms with Crippen molar-refractivity contribution in [3.63, 3.8) is 0 Å². The predicted molar refractivity (Wildman–Crippen MR) is 141 cm³/mol. The highest BCUT2D eigenvalue weighted by Gasteiger charge is 2.32. The van der Waals surface area contributed by atoms with Gasteiger partial charge in [-0.05, 0) is 91.7 Å². The average molecular weight is 493 g/mol. The molecule has 174 valence electrons. The van der Waals surface area contributed by atoms with E-state index < -0.39 is 0 Å². The number of methoxy groups -OCH3 is 1. The number of amides is 1. The highest BCUT2D eigenvalue weighted by Crippen LogP contribution is 2.29. The van der Waals surface area contributed by atoms with Crippen LogP contribution in [0.5, 0.6) is 11.5 Å². The van der Waals surface area contributed by atoms with Crippen molar-refractivity contribution in [3.05, 3.63) is 93.1 Å². The summed E-state index contributed by atoms with van der Waals surface area (Å²) in [5.74, 6) is 1.24. The molecule has 1 fully saturated rings. The fraction of sp³-hybridized carbons (Fsp3) is 0.185. The van der Waals surface area contributed by atoms with Crippen LogP contribution in [0.2, 0.25) is 5.02 Å². The molecule has 0 spiro atoms. The Morgan fingerprint density at radius 1 is 1.03 bits per heavy atom. The number of rotatable bonds is 6. The Bertz CT molecular complexity index is 1300. The van der Waals surface area contributed by atoms with Crippen LogP contribution >= 0.6 is 23.8 Å². The van der Waals surface area contributed by atoms with Crippen LogP contribution in [-0.2, 0) is 11.4 Å². The minimum atomic E-state index is -0.194. The number of carbonyl (C=O) groups is 1. The van der Waals surface area contributed by atoms with Gasteiger partial charge in [-0.15, -0.1) is 0 Å². The summed E-state index contributed by atoms with van der Waals surface area (Å²) in [4.78, 5) is 14.7. The van der Waals surface area contributed by atoms with Gasteiger partial charge in [-0.3, -0.25) is 9.69 Å². The fourth-order valence-corrected chi connectivity index (χ4v) is 4.29. The predicted octanol–water partition coefficient (Wildman–Crippen LogP) is 6.12. The van der Waals surface area contributed by atoms with E-state index in [1.807, 2.05) is 75.4 Å². The molecular weight excluding hydrogens is 468 g/mol. The first-order valence-corrected chi connectivity index (χ1v) is 11.6. The van der Waals surface area contributed by atoms with E-state index in [0.717, 1.165) is 44.3 Å². The zero-order chi connectivity index (χ0) is 24.4. The van der Waals surface area contributed by atoms with E-state index in [9.17, 15) is 4.79 Å². The number of para-hydroxylation sites is 1. The van der Waals surface area contributed by atoms with Crippen LogP contribution in [0.3, 0.4) is 0 Å². The van der Waals surface area contributed by atoms with Gasteiger partial charge in [0, 0.05) is 10.6 Å². The monoisotopic (exact) mass is 492 g/mol. The number of ether oxygens (including phenoxy) is 2. The molecule has 0 atom stereocenters. The molecule has 3 aromatic rings. The molecule has 5 nitrogen and oxygen atoms in total. The third-order valence-corrected chi connectivity index (χ3v) is 6.54. The number of hydrogen-bond donors (Lipinski definition) is 1. The van der Waals surface area contributed by atoms with Gasteiger partial charge in [0.1, 0.15) is 23.8 Å². The number of nitrogens with zero attached hydrogens (tertiary/aromatic N) is 1. The standard InChI is InChI=1S/C27H25ClN2O3S/c1-16-7-5-6-8-23(16)30-26(31)22(29-27(30)34)14-19-9-10-24(32-4)20(13-19)15-33-21-11-17(2)25(28)18(3)12-21/h5-14H,15H2,1-4H3,(H,29,34)/b22-14+. The van der Waals surface area contributed by atoms with E-state index in [1.54, 1.807) is 13.2 Å². The normalized spacial score (nSPS) is 14.5. The molecule has 0 aliphatic carbocycles. The Morgan fingerprint density at radius 3 is 2.41 bits per heavy atom. The number of thiocarbonyl (C=S) groups is 1. The lowest BCUT2D eigenvalue weighted by molar-refractivity contribution is -0.113. The maximum atomic E-state index is 13.1. The third-order valence-electron chi connectivity index (χ3n) is 5.65. The second kappa shape index (κ2) is 9.87. The summed E-state index contributed by atoms with van der Waals surface area (Å²) < 4.78 is 11.5. The summed E-state index contributed by atoms with van der Waals surface area (Å²) in [6.07, 6.45) is 1.78. The van der Waals surface area contributed by atoms with Gasteiger partial charge in [-0.25, -0.2) is 0 Å². The van der Waals surface area contributed by atoms with Crippen molar-refractivity contribution in [1.82, 2.24) is 5.32 Å². The van der Waals surface area contributed by atoms with Gasteiger partial charge in [0.2, 0.25) is 0 Å². The zero-order valence-electron chi connectivity index (χ0n) is 19.4. The van der Waals surface area contributed by atoms with Crippen LogP contribution in [0.25, 0.3) is 6.08 Å². The van der Waals surface area contributed by atoms with Crippen molar-refractivity contribution in [1.29, 1.82) is 0 Å². The van der Waals surface area contributed by atoms with Crippen molar-refractivity contribution >= 4 is 46.6 Å². The van der Waals surface area contributed by atoms with Gasteiger partial charge in [0.05, 0.1) is 12.8 Å². The van der Waals surface area contributed by atoms with Crippen molar-refractivity contribution in [2.24, 2.45) is 0 Å². The van der Waals surface area contributed by atoms with Crippen LogP contribution < -0.4 is 19.7 Å². The van der Waals surface area contributed by atoms with Gasteiger partial charge in [-0.2, -0.15) is 0 Å². The highest BCUT2D eigenvalue weighted by molar-refractivity contribution is 7.80. The maximum absolute atomic E-state index is 13.1. The quantitative estimate of drug-likeness (QED) is 0.332. The Kier molecular flexibility index (Phi) is 6.91. The Morgan fingerprint density at radius 2 is 1.74 bits per heavy atom. The summed E-state index contributed by atoms with van der Waals surface area (Å²) in [7, 11) is 1.62. The largest absolute Gasteiger partial charge is 0.496 e. The lowest BCUT2D eigenvalue weighted by Gasteiger charge is -2.16. The number of halogens is 1. The smallest absolute Gasteiger partial charge is 0.281 e. The lowest BCUT2D eigenvalue weighted by atomic mass is 10.1. The minimum Gasteiger partial charge on any atom is -0.496 e. The summed E-state index contributed by atoms with van der Waals surface area (Å²) in [6.45, 7) is 6.15. The molecule has 1 aliphatic rings. The second-order valence-corrected chi connectivity index (χ2v) is 8.91. The molecule has 0 radical (unpaired) electrons. The van der Waals surface area contributed by atoms with E-state index >= 15 is 0 Å². The molecule has 1 N–H and O–H groups in total. The van der Waals surface area contributed by atoms with E-state index in [-0.39, 0.29) is 5.91 Å². The molecule has 0 bridgehead atoms. The molecule has 0 saturated carbocycles. The Labute approximate surface area is 209 Å². The first-order chi connectivity index (χ1) is 16.3. The first kappa shape index (κ1) is 23.8. The number of aryl methyl sites for hydroxylation is 3. The molecule has 3 aromatic carbocycles. The summed E-state index contributed by atoms with van der Waals surface area (Å²) in [5.41, 5.74) is 5.75. The lowest BCUT2D eigenvalue weighted by Crippen LogP contribution is -2.30. The number of nitrogens with one attached hydrogen (secondary N) is 1. The molecule has 1 heterocycles. The molecule has 4 rings (SSSR count). The highest BCUT2D eigenvalue weighted by atomic mass is 35.5. The van der Waals surface area contributed by atoms with Crippen LogP contribution in [0.1, 0.15) is 27.8 Å². The maximum Gasteiger partial charge on any atom is 0.281 e. The molecular formula is C27H25ClN2O3S. The molecule has 0 aromatic heterocycles. The fourth-order valence-electron chi connectivity index (χ4n) is 3.89. The van der Waals surface area contributed by atoms with E-state index in [4.69, 9.17) is 33.3 Å². The Balaban J connectivity index is 1.58. The molecule has 34 heavy (non-hydrogen) atoms. The molecule has 7 heteroatoms. The minimum absolute atomic E-state index is 0.194. The van der Waals surface area contributed by atoms with Gasteiger partial charge in [0.15, 0.2) is 5.11 Å². The van der Waals surface area contributed by atoms with E-state index in [0.29, 0.717) is 23.2 Å². The van der Waals surface area contributed by atoms with Crippen molar-refractivity contribution in [3.8, 4) is 11.5 Å². The first-order valence-electron chi connectivity index (χ1n) is 10.8. The molecule has 1 amide bonds. The van der Waals surface area contributed by atoms with Crippen LogP contribution in [0.15, 0.2) is 60.3 Å². The van der Waals surface area contributed by atoms with Crippen molar-refractivity contribution in [2.45, 2.75) is 27.4 Å². The van der Waals surface area contributed by atoms with Crippen LogP contribution in [0.4, 0.5) is 5.69 Å². The number of anilines is 1. The van der Waals surface area contributed by atoms with Crippen molar-refractivity contribution < 1.29 is 14.3 Å². The van der Waals surface area contributed by atoms with E-state index in [1.165, 1.54) is 4.90 Å². The van der Waals surface area contributed by atoms with Gasteiger partial charge in [-0.1, -0.05) is 35.9 Å². The summed E-state index contributed by atoms with van der Waals surface area (Å²) >= 11 is 11.7. The zero-order valence-corrected chi connectivity index (χ0v) is 21.0. The number of hydrogen-bond acceptors (Lipinski definition) is 4. The SMILES string of the molecule is COc1ccc(/C=C2/NC(=S)N(c3ccccc3C)C2=O)cc1COc1cc(C)c(Cl)c(C)c1. The van der Waals surface area contributed by atoms with E-state index in [2.05, 4.69) is 5.32 Å². The molecule has 1 saturated heterocycles. The third kappa shape index (κ3) is 4.79. The average Bonchev–Trinajstić information content (AvgIpc) is 3.09. The van der Waals surface area contributed by atoms with Gasteiger partial charge in [0.25, 0.3) is 5.91 Å². The van der Waals surface area contributed by atoms with Crippen molar-refractivity contribution in [2.75, 3.05) is 12.0 Å². The van der Waals surface area contributed by atoms with Gasteiger partial charge >= 0.3 is 0 Å². The summed E-state index contributed by atoms with van der Waals surface area (Å²) in [5, 5.41) is 4.14. The molecule has 1 aliphatic heterocycles. The molecule has 0 unspecified atom stereocenters. The number of carbonyl (C=O) groups excluding carboxylic acids is 1. The second-order valence-electron chi connectivity index (χ2n) is 8.15. The Hall–Kier alpha value is -3.35. The van der Waals surface area contributed by atoms with Gasteiger partial charge < -0.3 is 14.8 Å². The van der Waals surface area contributed by atoms with Crippen LogP contribution in [-0.4, -0.2) is 18.1 Å². The van der Waals surface area contributed by atoms with Crippen LogP contribution in [0, 0.1) is 20.8 Å².